The van der Waals surface area contributed by atoms with Crippen LogP contribution >= 0.6 is 0 Å². The molecule has 3 aromatic carbocycles. The Labute approximate surface area is 249 Å². The second-order valence-electron chi connectivity index (χ2n) is 11.1. The lowest BCUT2D eigenvalue weighted by Crippen LogP contribution is -2.24. The highest BCUT2D eigenvalue weighted by molar-refractivity contribution is 5.97. The number of hydrogen-bond donors (Lipinski definition) is 1. The highest BCUT2D eigenvalue weighted by Crippen LogP contribution is 2.37. The molecule has 5 rings (SSSR count). The summed E-state index contributed by atoms with van der Waals surface area (Å²) in [6.07, 6.45) is 9.85. The van der Waals surface area contributed by atoms with Crippen LogP contribution in [0.5, 0.6) is 5.75 Å². The minimum absolute atomic E-state index is 0.169. The van der Waals surface area contributed by atoms with E-state index in [0.29, 0.717) is 25.3 Å². The standard InChI is InChI=1S/C36H43NO5/c1-2-3-4-5-9-14-32-31-21-18-29(36(38)39)25-33(31)37(22-24-41-34-15-10-11-23-40-34)35(32)28-16-19-30(20-17-28)42-26-27-12-7-6-8-13-27/h6-8,12-13,16-21,25,34H,2-5,9-11,14-15,22-24,26H2,1H3,(H,38,39). The molecule has 42 heavy (non-hydrogen) atoms. The SMILES string of the molecule is CCCCCCCc1c(-c2ccc(OCc3ccccc3)cc2)n(CCOC2CCCCO2)c2cc(C(=O)O)ccc12. The number of unbranched alkanes of at least 4 members (excludes halogenated alkanes) is 4. The minimum Gasteiger partial charge on any atom is -0.489 e. The zero-order valence-corrected chi connectivity index (χ0v) is 24.7. The van der Waals surface area contributed by atoms with Crippen LogP contribution in [0.2, 0.25) is 0 Å². The molecule has 1 unspecified atom stereocenters. The molecule has 1 aromatic heterocycles. The Morgan fingerprint density at radius 1 is 0.976 bits per heavy atom. The monoisotopic (exact) mass is 569 g/mol. The highest BCUT2D eigenvalue weighted by atomic mass is 16.7. The summed E-state index contributed by atoms with van der Waals surface area (Å²) in [6, 6.07) is 24.0. The Morgan fingerprint density at radius 2 is 1.79 bits per heavy atom. The van der Waals surface area contributed by atoms with Gasteiger partial charge in [-0.2, -0.15) is 0 Å². The van der Waals surface area contributed by atoms with Crippen molar-refractivity contribution in [1.82, 2.24) is 4.57 Å². The van der Waals surface area contributed by atoms with Gasteiger partial charge in [-0.3, -0.25) is 0 Å². The largest absolute Gasteiger partial charge is 0.489 e. The van der Waals surface area contributed by atoms with Gasteiger partial charge in [-0.15, -0.1) is 0 Å². The van der Waals surface area contributed by atoms with E-state index >= 15 is 0 Å². The fourth-order valence-electron chi connectivity index (χ4n) is 5.84. The summed E-state index contributed by atoms with van der Waals surface area (Å²) in [5, 5.41) is 10.9. The quantitative estimate of drug-likeness (QED) is 0.145. The number of aryl methyl sites for hydroxylation is 1. The van der Waals surface area contributed by atoms with Crippen LogP contribution in [0.1, 0.15) is 79.8 Å². The van der Waals surface area contributed by atoms with Gasteiger partial charge < -0.3 is 23.9 Å². The van der Waals surface area contributed by atoms with Gasteiger partial charge in [0.05, 0.1) is 17.9 Å². The zero-order chi connectivity index (χ0) is 29.1. The van der Waals surface area contributed by atoms with Gasteiger partial charge in [0.2, 0.25) is 0 Å². The molecule has 6 heteroatoms. The molecule has 1 N–H and O–H groups in total. The number of hydrogen-bond acceptors (Lipinski definition) is 4. The molecule has 0 spiro atoms. The lowest BCUT2D eigenvalue weighted by Gasteiger charge is -2.23. The third-order valence-electron chi connectivity index (χ3n) is 8.08. The lowest BCUT2D eigenvalue weighted by atomic mass is 9.98. The van der Waals surface area contributed by atoms with E-state index in [2.05, 4.69) is 35.8 Å². The maximum Gasteiger partial charge on any atom is 0.335 e. The summed E-state index contributed by atoms with van der Waals surface area (Å²) in [5.74, 6) is -0.101. The molecule has 1 atom stereocenters. The molecule has 0 bridgehead atoms. The third-order valence-corrected chi connectivity index (χ3v) is 8.08. The number of carbonyl (C=O) groups is 1. The Hall–Kier alpha value is -3.61. The smallest absolute Gasteiger partial charge is 0.335 e. The minimum atomic E-state index is -0.918. The van der Waals surface area contributed by atoms with Gasteiger partial charge in [0, 0.05) is 24.1 Å². The molecule has 1 fully saturated rings. The van der Waals surface area contributed by atoms with Crippen LogP contribution in [0, 0.1) is 0 Å². The van der Waals surface area contributed by atoms with E-state index in [1.807, 2.05) is 42.5 Å². The Balaban J connectivity index is 1.47. The molecule has 4 aromatic rings. The summed E-state index contributed by atoms with van der Waals surface area (Å²) in [5.41, 5.74) is 5.85. The summed E-state index contributed by atoms with van der Waals surface area (Å²) < 4.78 is 20.3. The first-order valence-electron chi connectivity index (χ1n) is 15.5. The molecule has 6 nitrogen and oxygen atoms in total. The normalized spacial score (nSPS) is 15.2. The van der Waals surface area contributed by atoms with Crippen LogP contribution in [-0.4, -0.2) is 35.1 Å². The van der Waals surface area contributed by atoms with E-state index in [9.17, 15) is 9.90 Å². The van der Waals surface area contributed by atoms with Crippen LogP contribution in [0.25, 0.3) is 22.2 Å². The van der Waals surface area contributed by atoms with Gasteiger partial charge in [-0.05, 0) is 85.2 Å². The fraction of sp³-hybridized carbons (Fsp3) is 0.417. The van der Waals surface area contributed by atoms with E-state index in [0.717, 1.165) is 72.2 Å². The Bertz CT molecular complexity index is 1420. The first kappa shape index (κ1) is 29.9. The topological polar surface area (TPSA) is 69.9 Å². The van der Waals surface area contributed by atoms with Gasteiger partial charge in [0.15, 0.2) is 6.29 Å². The number of carboxylic acids is 1. The Kier molecular flexibility index (Phi) is 10.7. The highest BCUT2D eigenvalue weighted by Gasteiger charge is 2.21. The average molecular weight is 570 g/mol. The van der Waals surface area contributed by atoms with Crippen molar-refractivity contribution >= 4 is 16.9 Å². The predicted octanol–water partition coefficient (Wildman–Crippen LogP) is 8.64. The van der Waals surface area contributed by atoms with Crippen LogP contribution in [0.15, 0.2) is 72.8 Å². The van der Waals surface area contributed by atoms with Gasteiger partial charge in [0.25, 0.3) is 0 Å². The van der Waals surface area contributed by atoms with Crippen molar-refractivity contribution in [3.05, 3.63) is 89.5 Å². The van der Waals surface area contributed by atoms with Crippen LogP contribution in [0.3, 0.4) is 0 Å². The third kappa shape index (κ3) is 7.61. The van der Waals surface area contributed by atoms with Gasteiger partial charge >= 0.3 is 5.97 Å². The molecule has 1 aliphatic rings. The summed E-state index contributed by atoms with van der Waals surface area (Å²) >= 11 is 0. The van der Waals surface area contributed by atoms with Crippen molar-refractivity contribution in [2.75, 3.05) is 13.2 Å². The number of nitrogens with zero attached hydrogens (tertiary/aromatic N) is 1. The molecule has 222 valence electrons. The van der Waals surface area contributed by atoms with Crippen LogP contribution in [-0.2, 0) is 29.0 Å². The lowest BCUT2D eigenvalue weighted by molar-refractivity contribution is -0.163. The van der Waals surface area contributed by atoms with Crippen molar-refractivity contribution in [3.8, 4) is 17.0 Å². The van der Waals surface area contributed by atoms with E-state index in [1.165, 1.54) is 31.2 Å². The van der Waals surface area contributed by atoms with E-state index in [-0.39, 0.29) is 6.29 Å². The number of fused-ring (bicyclic) bond motifs is 1. The first-order chi connectivity index (χ1) is 20.6. The van der Waals surface area contributed by atoms with Crippen molar-refractivity contribution in [3.63, 3.8) is 0 Å². The molecular weight excluding hydrogens is 526 g/mol. The summed E-state index contributed by atoms with van der Waals surface area (Å²) in [4.78, 5) is 11.9. The van der Waals surface area contributed by atoms with Crippen molar-refractivity contribution in [2.24, 2.45) is 0 Å². The van der Waals surface area contributed by atoms with Gasteiger partial charge in [-0.25, -0.2) is 4.79 Å². The first-order valence-corrected chi connectivity index (χ1v) is 15.5. The average Bonchev–Trinajstić information content (AvgIpc) is 3.33. The summed E-state index contributed by atoms with van der Waals surface area (Å²) in [7, 11) is 0. The number of aromatic nitrogens is 1. The van der Waals surface area contributed by atoms with Gasteiger partial charge in [0.1, 0.15) is 12.4 Å². The number of aromatic carboxylic acids is 1. The van der Waals surface area contributed by atoms with E-state index < -0.39 is 5.97 Å². The molecule has 0 saturated carbocycles. The number of rotatable bonds is 15. The molecular formula is C36H43NO5. The second-order valence-corrected chi connectivity index (χ2v) is 11.1. The molecule has 0 radical (unpaired) electrons. The Morgan fingerprint density at radius 3 is 2.52 bits per heavy atom. The molecule has 2 heterocycles. The van der Waals surface area contributed by atoms with Gasteiger partial charge in [-0.1, -0.05) is 69.0 Å². The molecule has 0 aliphatic carbocycles. The van der Waals surface area contributed by atoms with Crippen molar-refractivity contribution in [2.45, 2.75) is 84.2 Å². The zero-order valence-electron chi connectivity index (χ0n) is 24.7. The molecule has 0 amide bonds. The summed E-state index contributed by atoms with van der Waals surface area (Å²) in [6.45, 7) is 4.59. The van der Waals surface area contributed by atoms with E-state index in [4.69, 9.17) is 14.2 Å². The molecule has 1 saturated heterocycles. The maximum absolute atomic E-state index is 11.9. The number of carboxylic acid groups (broad SMARTS) is 1. The van der Waals surface area contributed by atoms with Crippen LogP contribution in [0.4, 0.5) is 0 Å². The fourth-order valence-corrected chi connectivity index (χ4v) is 5.84. The van der Waals surface area contributed by atoms with Crippen molar-refractivity contribution < 1.29 is 24.1 Å². The predicted molar refractivity (Wildman–Crippen MR) is 167 cm³/mol. The number of benzene rings is 3. The van der Waals surface area contributed by atoms with Crippen LogP contribution < -0.4 is 4.74 Å². The van der Waals surface area contributed by atoms with E-state index in [1.54, 1.807) is 6.07 Å². The maximum atomic E-state index is 11.9. The van der Waals surface area contributed by atoms with Crippen molar-refractivity contribution in [1.29, 1.82) is 0 Å². The second kappa shape index (κ2) is 15.0. The number of ether oxygens (including phenoxy) is 3. The molecule has 1 aliphatic heterocycles.